The molecule has 140 valence electrons. The largest absolute Gasteiger partial charge is 0.497 e. The van der Waals surface area contributed by atoms with Gasteiger partial charge in [-0.1, -0.05) is 12.1 Å². The van der Waals surface area contributed by atoms with Crippen molar-refractivity contribution in [3.8, 4) is 22.1 Å². The fourth-order valence-corrected chi connectivity index (χ4v) is 3.43. The Morgan fingerprint density at radius 2 is 2.00 bits per heavy atom. The number of rotatable bonds is 7. The molecule has 27 heavy (non-hydrogen) atoms. The van der Waals surface area contributed by atoms with E-state index in [-0.39, 0.29) is 18.1 Å². The van der Waals surface area contributed by atoms with Gasteiger partial charge in [0.1, 0.15) is 22.3 Å². The zero-order chi connectivity index (χ0) is 19.2. The maximum Gasteiger partial charge on any atom is 0.224 e. The van der Waals surface area contributed by atoms with Crippen molar-refractivity contribution in [2.45, 2.75) is 12.8 Å². The molecule has 0 atom stereocenters. The van der Waals surface area contributed by atoms with Gasteiger partial charge in [-0.05, 0) is 30.7 Å². The number of ether oxygens (including phenoxy) is 2. The molecule has 0 unspecified atom stereocenters. The van der Waals surface area contributed by atoms with Crippen LogP contribution in [0.5, 0.6) is 11.5 Å². The first-order valence-electron chi connectivity index (χ1n) is 8.32. The van der Waals surface area contributed by atoms with Crippen molar-refractivity contribution in [1.82, 2.24) is 4.98 Å². The van der Waals surface area contributed by atoms with Crippen molar-refractivity contribution in [2.24, 2.45) is 0 Å². The Morgan fingerprint density at radius 1 is 1.19 bits per heavy atom. The second-order valence-electron chi connectivity index (χ2n) is 5.74. The van der Waals surface area contributed by atoms with Crippen molar-refractivity contribution in [3.05, 3.63) is 59.4 Å². The van der Waals surface area contributed by atoms with Crippen molar-refractivity contribution < 1.29 is 18.7 Å². The summed E-state index contributed by atoms with van der Waals surface area (Å²) in [4.78, 5) is 16.7. The average Bonchev–Trinajstić information content (AvgIpc) is 3.15. The number of carbonyl (C=O) groups excluding carboxylic acids is 1. The highest BCUT2D eigenvalue weighted by Crippen LogP contribution is 2.29. The predicted molar refractivity (Wildman–Crippen MR) is 104 cm³/mol. The normalized spacial score (nSPS) is 10.5. The van der Waals surface area contributed by atoms with E-state index in [1.807, 2.05) is 5.38 Å². The molecule has 0 aliphatic carbocycles. The minimum absolute atomic E-state index is 0.165. The summed E-state index contributed by atoms with van der Waals surface area (Å²) in [6.07, 6.45) is 0.712. The molecule has 1 aromatic heterocycles. The Morgan fingerprint density at radius 3 is 2.74 bits per heavy atom. The van der Waals surface area contributed by atoms with Crippen LogP contribution < -0.4 is 14.8 Å². The van der Waals surface area contributed by atoms with Crippen molar-refractivity contribution in [2.75, 3.05) is 19.5 Å². The van der Waals surface area contributed by atoms with Crippen LogP contribution in [0.15, 0.2) is 47.8 Å². The lowest BCUT2D eigenvalue weighted by Gasteiger charge is -2.11. The fraction of sp³-hybridized carbons (Fsp3) is 0.200. The van der Waals surface area contributed by atoms with Crippen LogP contribution in [0.2, 0.25) is 0 Å². The van der Waals surface area contributed by atoms with Gasteiger partial charge in [0.15, 0.2) is 0 Å². The molecule has 1 heterocycles. The van der Waals surface area contributed by atoms with Gasteiger partial charge in [-0.25, -0.2) is 9.37 Å². The quantitative estimate of drug-likeness (QED) is 0.648. The average molecular weight is 386 g/mol. The van der Waals surface area contributed by atoms with Crippen LogP contribution in [0.3, 0.4) is 0 Å². The molecule has 0 fully saturated rings. The zero-order valence-corrected chi connectivity index (χ0v) is 15.8. The molecule has 0 spiro atoms. The van der Waals surface area contributed by atoms with Gasteiger partial charge in [0.2, 0.25) is 5.91 Å². The monoisotopic (exact) mass is 386 g/mol. The van der Waals surface area contributed by atoms with Gasteiger partial charge < -0.3 is 14.8 Å². The highest BCUT2D eigenvalue weighted by molar-refractivity contribution is 7.13. The number of nitrogens with zero attached hydrogens (tertiary/aromatic N) is 1. The van der Waals surface area contributed by atoms with E-state index >= 15 is 0 Å². The number of benzene rings is 2. The van der Waals surface area contributed by atoms with Crippen LogP contribution in [0.4, 0.5) is 10.1 Å². The van der Waals surface area contributed by atoms with E-state index in [9.17, 15) is 9.18 Å². The Labute approximate surface area is 160 Å². The van der Waals surface area contributed by atoms with Gasteiger partial charge in [-0.2, -0.15) is 0 Å². The van der Waals surface area contributed by atoms with Crippen LogP contribution in [0.25, 0.3) is 10.6 Å². The zero-order valence-electron chi connectivity index (χ0n) is 15.0. The number of hydrogen-bond donors (Lipinski definition) is 1. The number of halogens is 1. The van der Waals surface area contributed by atoms with Crippen molar-refractivity contribution in [3.63, 3.8) is 0 Å². The van der Waals surface area contributed by atoms with E-state index in [2.05, 4.69) is 10.3 Å². The van der Waals surface area contributed by atoms with E-state index in [1.165, 1.54) is 24.5 Å². The summed E-state index contributed by atoms with van der Waals surface area (Å²) in [7, 11) is 3.10. The van der Waals surface area contributed by atoms with Gasteiger partial charge in [0, 0.05) is 23.4 Å². The summed E-state index contributed by atoms with van der Waals surface area (Å²) in [5.41, 5.74) is 1.78. The Balaban J connectivity index is 1.63. The number of aromatic nitrogens is 1. The van der Waals surface area contributed by atoms with Gasteiger partial charge in [0.25, 0.3) is 0 Å². The second-order valence-corrected chi connectivity index (χ2v) is 6.60. The van der Waals surface area contributed by atoms with E-state index in [1.54, 1.807) is 43.5 Å². The number of anilines is 1. The smallest absolute Gasteiger partial charge is 0.224 e. The van der Waals surface area contributed by atoms with Gasteiger partial charge >= 0.3 is 0 Å². The Bertz CT molecular complexity index is 942. The molecule has 1 amide bonds. The number of carbonyl (C=O) groups is 1. The molecule has 0 saturated carbocycles. The first kappa shape index (κ1) is 18.8. The summed E-state index contributed by atoms with van der Waals surface area (Å²) in [6.45, 7) is 0. The standard InChI is InChI=1S/C20H19FN2O3S/c1-25-14-8-9-18(26-2)17(11-14)23-19(24)10-7-13-12-27-20(22-13)15-5-3-4-6-16(15)21/h3-6,8-9,11-12H,7,10H2,1-2H3,(H,23,24). The molecule has 0 bridgehead atoms. The third-order valence-electron chi connectivity index (χ3n) is 3.94. The minimum atomic E-state index is -0.304. The summed E-state index contributed by atoms with van der Waals surface area (Å²) < 4.78 is 24.3. The summed E-state index contributed by atoms with van der Waals surface area (Å²) >= 11 is 1.36. The number of thiazole rings is 1. The summed E-state index contributed by atoms with van der Waals surface area (Å²) in [6, 6.07) is 11.7. The lowest BCUT2D eigenvalue weighted by molar-refractivity contribution is -0.116. The van der Waals surface area contributed by atoms with E-state index in [0.29, 0.717) is 34.2 Å². The van der Waals surface area contributed by atoms with E-state index < -0.39 is 0 Å². The molecular formula is C20H19FN2O3S. The minimum Gasteiger partial charge on any atom is -0.497 e. The van der Waals surface area contributed by atoms with Gasteiger partial charge in [-0.3, -0.25) is 4.79 Å². The highest BCUT2D eigenvalue weighted by Gasteiger charge is 2.12. The van der Waals surface area contributed by atoms with Crippen LogP contribution >= 0.6 is 11.3 Å². The Hall–Kier alpha value is -2.93. The number of nitrogens with one attached hydrogen (secondary N) is 1. The van der Waals surface area contributed by atoms with E-state index in [4.69, 9.17) is 9.47 Å². The molecule has 2 aromatic carbocycles. The Kier molecular flexibility index (Phi) is 6.03. The first-order chi connectivity index (χ1) is 13.1. The molecule has 1 N–H and O–H groups in total. The molecule has 0 aliphatic heterocycles. The number of methoxy groups -OCH3 is 2. The van der Waals surface area contributed by atoms with Crippen LogP contribution in [-0.2, 0) is 11.2 Å². The second kappa shape index (κ2) is 8.64. The fourth-order valence-electron chi connectivity index (χ4n) is 2.55. The van der Waals surface area contributed by atoms with Crippen LogP contribution in [-0.4, -0.2) is 25.1 Å². The lowest BCUT2D eigenvalue weighted by atomic mass is 10.2. The third kappa shape index (κ3) is 4.62. The first-order valence-corrected chi connectivity index (χ1v) is 9.20. The maximum atomic E-state index is 13.9. The molecule has 0 radical (unpaired) electrons. The lowest BCUT2D eigenvalue weighted by Crippen LogP contribution is -2.13. The number of hydrogen-bond acceptors (Lipinski definition) is 5. The molecule has 5 nitrogen and oxygen atoms in total. The van der Waals surface area contributed by atoms with Crippen molar-refractivity contribution in [1.29, 1.82) is 0 Å². The molecule has 3 rings (SSSR count). The van der Waals surface area contributed by atoms with E-state index in [0.717, 1.165) is 5.69 Å². The third-order valence-corrected chi connectivity index (χ3v) is 4.87. The number of amides is 1. The van der Waals surface area contributed by atoms with Crippen LogP contribution in [0, 0.1) is 5.82 Å². The predicted octanol–water partition coefficient (Wildman–Crippen LogP) is 4.54. The molecule has 3 aromatic rings. The molecular weight excluding hydrogens is 367 g/mol. The van der Waals surface area contributed by atoms with Gasteiger partial charge in [-0.15, -0.1) is 11.3 Å². The van der Waals surface area contributed by atoms with Crippen molar-refractivity contribution >= 4 is 22.9 Å². The summed E-state index contributed by atoms with van der Waals surface area (Å²) in [5.74, 6) is 0.711. The summed E-state index contributed by atoms with van der Waals surface area (Å²) in [5, 5.41) is 5.28. The van der Waals surface area contributed by atoms with Crippen LogP contribution in [0.1, 0.15) is 12.1 Å². The topological polar surface area (TPSA) is 60.5 Å². The molecule has 7 heteroatoms. The highest BCUT2D eigenvalue weighted by atomic mass is 32.1. The van der Waals surface area contributed by atoms with Gasteiger partial charge in [0.05, 0.1) is 25.6 Å². The number of aryl methyl sites for hydroxylation is 1. The SMILES string of the molecule is COc1ccc(OC)c(NC(=O)CCc2csc(-c3ccccc3F)n2)c1. The molecule has 0 saturated heterocycles. The maximum absolute atomic E-state index is 13.9. The molecule has 0 aliphatic rings.